The molecule has 2 amide bonds. The van der Waals surface area contributed by atoms with Gasteiger partial charge in [0.05, 0.1) is 5.56 Å². The van der Waals surface area contributed by atoms with E-state index in [0.717, 1.165) is 24.3 Å². The average molecular weight is 609 g/mol. The summed E-state index contributed by atoms with van der Waals surface area (Å²) in [6.07, 6.45) is -3.73. The highest BCUT2D eigenvalue weighted by Crippen LogP contribution is 2.30. The van der Waals surface area contributed by atoms with Crippen LogP contribution in [0.25, 0.3) is 6.08 Å². The highest BCUT2D eigenvalue weighted by atomic mass is 35.5. The number of hydrogen-bond acceptors (Lipinski definition) is 4. The molecule has 0 saturated carbocycles. The van der Waals surface area contributed by atoms with E-state index in [1.807, 2.05) is 6.07 Å². The molecule has 4 aromatic carbocycles. The molecular weight excluding hydrogens is 585 g/mol. The van der Waals surface area contributed by atoms with Crippen LogP contribution in [0.1, 0.15) is 27.0 Å². The Morgan fingerprint density at radius 3 is 2.14 bits per heavy atom. The molecule has 7 nitrogen and oxygen atoms in total. The second-order valence-corrected chi connectivity index (χ2v) is 9.71. The summed E-state index contributed by atoms with van der Waals surface area (Å²) < 4.78 is 45.6. The van der Waals surface area contributed by atoms with Gasteiger partial charge in [0.25, 0.3) is 11.8 Å². The molecular formula is C32H24ClF3N2O5. The smallest absolute Gasteiger partial charge is 0.416 e. The molecule has 4 aromatic rings. The fourth-order valence-electron chi connectivity index (χ4n) is 3.92. The molecule has 3 N–H and O–H groups in total. The van der Waals surface area contributed by atoms with Crippen molar-refractivity contribution >= 4 is 35.5 Å². The number of carboxylic acids is 1. The summed E-state index contributed by atoms with van der Waals surface area (Å²) in [5.74, 6) is -2.12. The first-order valence-electron chi connectivity index (χ1n) is 12.8. The van der Waals surface area contributed by atoms with Gasteiger partial charge in [0.1, 0.15) is 23.2 Å². The van der Waals surface area contributed by atoms with Gasteiger partial charge in [-0.25, -0.2) is 4.79 Å². The van der Waals surface area contributed by atoms with Gasteiger partial charge in [-0.1, -0.05) is 54.1 Å². The standard InChI is InChI=1S/C32H24ClF3N2O5/c33-24-13-9-20(10-14-24)18-28(31(41)42)38-30(40)27(19-21-5-4-6-23(17-21)32(34,35)36)37-29(39)22-11-15-26(16-12-22)43-25-7-2-1-3-8-25/h1-17,19,28H,18H2,(H,37,39)(H,38,40)(H,41,42)/b27-19+/t28-/m0/s1. The summed E-state index contributed by atoms with van der Waals surface area (Å²) in [7, 11) is 0. The average Bonchev–Trinajstić information content (AvgIpc) is 2.98. The summed E-state index contributed by atoms with van der Waals surface area (Å²) in [6, 6.07) is 23.9. The molecule has 220 valence electrons. The lowest BCUT2D eigenvalue weighted by molar-refractivity contribution is -0.141. The number of aliphatic carboxylic acids is 1. The third-order valence-electron chi connectivity index (χ3n) is 6.07. The summed E-state index contributed by atoms with van der Waals surface area (Å²) in [4.78, 5) is 38.4. The minimum Gasteiger partial charge on any atom is -0.480 e. The maximum absolute atomic E-state index is 13.3. The number of ether oxygens (including phenoxy) is 1. The number of nitrogens with one attached hydrogen (secondary N) is 2. The number of alkyl halides is 3. The molecule has 0 aromatic heterocycles. The van der Waals surface area contributed by atoms with Gasteiger partial charge in [-0.05, 0) is 77.9 Å². The highest BCUT2D eigenvalue weighted by molar-refractivity contribution is 6.30. The first-order chi connectivity index (χ1) is 20.5. The van der Waals surface area contributed by atoms with E-state index in [1.165, 1.54) is 30.3 Å². The van der Waals surface area contributed by atoms with Crippen LogP contribution in [-0.4, -0.2) is 28.9 Å². The summed E-state index contributed by atoms with van der Waals surface area (Å²) >= 11 is 5.89. The molecule has 4 rings (SSSR count). The maximum Gasteiger partial charge on any atom is 0.416 e. The predicted molar refractivity (Wildman–Crippen MR) is 155 cm³/mol. The SMILES string of the molecule is O=C(N[C@@H](Cc1ccc(Cl)cc1)C(=O)O)/C(=C\c1cccc(C(F)(F)F)c1)NC(=O)c1ccc(Oc2ccccc2)cc1. The van der Waals surface area contributed by atoms with E-state index in [2.05, 4.69) is 10.6 Å². The van der Waals surface area contributed by atoms with Gasteiger partial charge in [-0.2, -0.15) is 13.2 Å². The number of carbonyl (C=O) groups is 3. The van der Waals surface area contributed by atoms with Crippen LogP contribution in [0.5, 0.6) is 11.5 Å². The fourth-order valence-corrected chi connectivity index (χ4v) is 4.04. The number of carbonyl (C=O) groups excluding carboxylic acids is 2. The van der Waals surface area contributed by atoms with Crippen molar-refractivity contribution in [2.24, 2.45) is 0 Å². The van der Waals surface area contributed by atoms with E-state index in [-0.39, 0.29) is 17.5 Å². The molecule has 1 atom stereocenters. The maximum atomic E-state index is 13.3. The second-order valence-electron chi connectivity index (χ2n) is 9.27. The highest BCUT2D eigenvalue weighted by Gasteiger charge is 2.30. The number of para-hydroxylation sites is 1. The van der Waals surface area contributed by atoms with Gasteiger partial charge in [0.15, 0.2) is 0 Å². The van der Waals surface area contributed by atoms with Crippen LogP contribution in [0.3, 0.4) is 0 Å². The number of amides is 2. The van der Waals surface area contributed by atoms with Crippen molar-refractivity contribution in [3.63, 3.8) is 0 Å². The summed E-state index contributed by atoms with van der Waals surface area (Å²) in [5, 5.41) is 14.9. The van der Waals surface area contributed by atoms with Crippen molar-refractivity contribution in [3.05, 3.63) is 136 Å². The fraction of sp³-hybridized carbons (Fsp3) is 0.0938. The number of halogens is 4. The van der Waals surface area contributed by atoms with Gasteiger partial charge in [-0.15, -0.1) is 0 Å². The molecule has 43 heavy (non-hydrogen) atoms. The Balaban J connectivity index is 1.58. The zero-order chi connectivity index (χ0) is 31.0. The molecule has 0 spiro atoms. The molecule has 0 saturated heterocycles. The Labute approximate surface area is 249 Å². The summed E-state index contributed by atoms with van der Waals surface area (Å²) in [5.41, 5.74) is -0.804. The van der Waals surface area contributed by atoms with Crippen LogP contribution < -0.4 is 15.4 Å². The predicted octanol–water partition coefficient (Wildman–Crippen LogP) is 6.73. The van der Waals surface area contributed by atoms with E-state index < -0.39 is 41.3 Å². The first-order valence-corrected chi connectivity index (χ1v) is 13.2. The van der Waals surface area contributed by atoms with Crippen molar-refractivity contribution in [3.8, 4) is 11.5 Å². The molecule has 0 bridgehead atoms. The van der Waals surface area contributed by atoms with Crippen LogP contribution >= 0.6 is 11.6 Å². The van der Waals surface area contributed by atoms with E-state index in [4.69, 9.17) is 16.3 Å². The normalized spacial score (nSPS) is 12.2. The first kappa shape index (κ1) is 30.9. The van der Waals surface area contributed by atoms with Crippen LogP contribution in [-0.2, 0) is 22.2 Å². The third kappa shape index (κ3) is 8.95. The molecule has 0 aliphatic heterocycles. The van der Waals surface area contributed by atoms with Crippen molar-refractivity contribution in [2.45, 2.75) is 18.6 Å². The second kappa shape index (κ2) is 13.7. The van der Waals surface area contributed by atoms with Crippen molar-refractivity contribution in [2.75, 3.05) is 0 Å². The number of benzene rings is 4. The molecule has 0 aliphatic carbocycles. The van der Waals surface area contributed by atoms with E-state index >= 15 is 0 Å². The minimum atomic E-state index is -4.65. The molecule has 11 heteroatoms. The Morgan fingerprint density at radius 2 is 1.51 bits per heavy atom. The topological polar surface area (TPSA) is 105 Å². The number of hydrogen-bond donors (Lipinski definition) is 3. The molecule has 0 radical (unpaired) electrons. The Hall–Kier alpha value is -5.09. The number of carboxylic acid groups (broad SMARTS) is 1. The summed E-state index contributed by atoms with van der Waals surface area (Å²) in [6.45, 7) is 0. The van der Waals surface area contributed by atoms with Crippen LogP contribution in [0.15, 0.2) is 109 Å². The van der Waals surface area contributed by atoms with E-state index in [1.54, 1.807) is 48.5 Å². The molecule has 0 fully saturated rings. The minimum absolute atomic E-state index is 0.0449. The van der Waals surface area contributed by atoms with Crippen molar-refractivity contribution in [1.29, 1.82) is 0 Å². The van der Waals surface area contributed by atoms with E-state index in [0.29, 0.717) is 22.1 Å². The van der Waals surface area contributed by atoms with Crippen LogP contribution in [0, 0.1) is 0 Å². The zero-order valence-corrected chi connectivity index (χ0v) is 23.0. The Kier molecular flexibility index (Phi) is 9.84. The Bertz CT molecular complexity index is 1620. The zero-order valence-electron chi connectivity index (χ0n) is 22.3. The largest absolute Gasteiger partial charge is 0.480 e. The van der Waals surface area contributed by atoms with Crippen molar-refractivity contribution < 1.29 is 37.4 Å². The third-order valence-corrected chi connectivity index (χ3v) is 6.32. The van der Waals surface area contributed by atoms with Gasteiger partial charge in [-0.3, -0.25) is 9.59 Å². The van der Waals surface area contributed by atoms with Gasteiger partial charge >= 0.3 is 12.1 Å². The van der Waals surface area contributed by atoms with Crippen LogP contribution in [0.4, 0.5) is 13.2 Å². The van der Waals surface area contributed by atoms with Gasteiger partial charge in [0.2, 0.25) is 0 Å². The number of rotatable bonds is 10. The monoisotopic (exact) mass is 608 g/mol. The molecule has 0 unspecified atom stereocenters. The lowest BCUT2D eigenvalue weighted by atomic mass is 10.1. The van der Waals surface area contributed by atoms with Gasteiger partial charge in [0, 0.05) is 17.0 Å². The van der Waals surface area contributed by atoms with E-state index in [9.17, 15) is 32.7 Å². The Morgan fingerprint density at radius 1 is 0.860 bits per heavy atom. The van der Waals surface area contributed by atoms with Crippen LogP contribution in [0.2, 0.25) is 5.02 Å². The quantitative estimate of drug-likeness (QED) is 0.173. The lowest BCUT2D eigenvalue weighted by Gasteiger charge is -2.17. The molecule has 0 aliphatic rings. The van der Waals surface area contributed by atoms with Crippen molar-refractivity contribution in [1.82, 2.24) is 10.6 Å². The lowest BCUT2D eigenvalue weighted by Crippen LogP contribution is -2.45. The molecule has 0 heterocycles. The van der Waals surface area contributed by atoms with Gasteiger partial charge < -0.3 is 20.5 Å².